The van der Waals surface area contributed by atoms with Gasteiger partial charge < -0.3 is 10.6 Å². The first-order chi connectivity index (χ1) is 11.7. The van der Waals surface area contributed by atoms with Gasteiger partial charge in [0.05, 0.1) is 11.9 Å². The summed E-state index contributed by atoms with van der Waals surface area (Å²) in [7, 11) is 0. The molecule has 24 heavy (non-hydrogen) atoms. The number of amides is 1. The van der Waals surface area contributed by atoms with Gasteiger partial charge in [0.15, 0.2) is 0 Å². The number of hydrogen-bond acceptors (Lipinski definition) is 3. The van der Waals surface area contributed by atoms with E-state index in [4.69, 9.17) is 11.6 Å². The Morgan fingerprint density at radius 2 is 1.88 bits per heavy atom. The molecule has 3 rings (SSSR count). The highest BCUT2D eigenvalue weighted by atomic mass is 35.5. The molecule has 0 aliphatic heterocycles. The third-order valence-corrected chi connectivity index (χ3v) is 4.55. The second-order valence-corrected chi connectivity index (χ2v) is 6.67. The summed E-state index contributed by atoms with van der Waals surface area (Å²) in [5, 5.41) is 6.88. The lowest BCUT2D eigenvalue weighted by Gasteiger charge is -2.17. The first kappa shape index (κ1) is 16.8. The van der Waals surface area contributed by atoms with Gasteiger partial charge in [0.1, 0.15) is 5.82 Å². The number of pyridine rings is 1. The van der Waals surface area contributed by atoms with Crippen molar-refractivity contribution < 1.29 is 4.79 Å². The van der Waals surface area contributed by atoms with Crippen molar-refractivity contribution in [2.45, 2.75) is 44.6 Å². The molecule has 0 radical (unpaired) electrons. The fourth-order valence-corrected chi connectivity index (χ4v) is 3.21. The third-order valence-electron chi connectivity index (χ3n) is 4.32. The lowest BCUT2D eigenvalue weighted by Crippen LogP contribution is -2.19. The average Bonchev–Trinajstić information content (AvgIpc) is 2.85. The van der Waals surface area contributed by atoms with Crippen molar-refractivity contribution in [3.63, 3.8) is 0 Å². The van der Waals surface area contributed by atoms with Crippen molar-refractivity contribution in [3.8, 4) is 0 Å². The summed E-state index contributed by atoms with van der Waals surface area (Å²) in [6.07, 6.45) is 9.32. The van der Waals surface area contributed by atoms with Crippen molar-refractivity contribution in [1.82, 2.24) is 4.98 Å². The van der Waals surface area contributed by atoms with Crippen LogP contribution in [0.5, 0.6) is 0 Å². The number of anilines is 2. The van der Waals surface area contributed by atoms with Crippen LogP contribution in [0.3, 0.4) is 0 Å². The van der Waals surface area contributed by atoms with E-state index >= 15 is 0 Å². The highest BCUT2D eigenvalue weighted by molar-refractivity contribution is 6.31. The Hall–Kier alpha value is -2.07. The molecule has 1 amide bonds. The summed E-state index contributed by atoms with van der Waals surface area (Å²) >= 11 is 5.92. The Balaban J connectivity index is 1.58. The van der Waals surface area contributed by atoms with E-state index in [0.29, 0.717) is 22.3 Å². The minimum atomic E-state index is -0.191. The van der Waals surface area contributed by atoms with Crippen LogP contribution < -0.4 is 10.6 Å². The molecule has 0 bridgehead atoms. The monoisotopic (exact) mass is 343 g/mol. The predicted molar refractivity (Wildman–Crippen MR) is 98.8 cm³/mol. The van der Waals surface area contributed by atoms with Gasteiger partial charge in [0, 0.05) is 16.6 Å². The topological polar surface area (TPSA) is 54.0 Å². The van der Waals surface area contributed by atoms with Crippen molar-refractivity contribution in [1.29, 1.82) is 0 Å². The van der Waals surface area contributed by atoms with Gasteiger partial charge in [0.25, 0.3) is 5.91 Å². The maximum Gasteiger partial charge on any atom is 0.255 e. The van der Waals surface area contributed by atoms with Gasteiger partial charge in [-0.05, 0) is 43.2 Å². The molecule has 4 nitrogen and oxygen atoms in total. The molecule has 1 saturated carbocycles. The number of rotatable bonds is 4. The third kappa shape index (κ3) is 4.71. The predicted octanol–water partition coefficient (Wildman–Crippen LogP) is 5.12. The van der Waals surface area contributed by atoms with E-state index in [1.54, 1.807) is 30.5 Å². The first-order valence-electron chi connectivity index (χ1n) is 8.50. The molecular weight excluding hydrogens is 322 g/mol. The Kier molecular flexibility index (Phi) is 5.70. The fourth-order valence-electron chi connectivity index (χ4n) is 3.02. The van der Waals surface area contributed by atoms with Crippen molar-refractivity contribution in [2.24, 2.45) is 0 Å². The van der Waals surface area contributed by atoms with Crippen LogP contribution in [0, 0.1) is 0 Å². The van der Waals surface area contributed by atoms with Crippen LogP contribution in [0.4, 0.5) is 11.5 Å². The van der Waals surface area contributed by atoms with Crippen LogP contribution in [-0.2, 0) is 0 Å². The zero-order valence-electron chi connectivity index (χ0n) is 13.6. The van der Waals surface area contributed by atoms with E-state index < -0.39 is 0 Å². The van der Waals surface area contributed by atoms with Crippen LogP contribution in [0.1, 0.15) is 48.9 Å². The summed E-state index contributed by atoms with van der Waals surface area (Å²) in [5.74, 6) is 0.673. The van der Waals surface area contributed by atoms with E-state index in [1.807, 2.05) is 12.1 Å². The van der Waals surface area contributed by atoms with E-state index in [1.165, 1.54) is 38.5 Å². The number of halogens is 1. The summed E-state index contributed by atoms with van der Waals surface area (Å²) in [6.45, 7) is 0. The van der Waals surface area contributed by atoms with Gasteiger partial charge in [-0.1, -0.05) is 43.4 Å². The summed E-state index contributed by atoms with van der Waals surface area (Å²) < 4.78 is 0. The van der Waals surface area contributed by atoms with Crippen LogP contribution in [-0.4, -0.2) is 16.9 Å². The van der Waals surface area contributed by atoms with E-state index in [-0.39, 0.29) is 5.91 Å². The standard InChI is InChI=1S/C19H22ClN3O/c20-15-7-5-6-14(12-15)19(24)23-17-10-11-18(21-13-17)22-16-8-3-1-2-4-9-16/h5-7,10-13,16H,1-4,8-9H2,(H,21,22)(H,23,24). The molecule has 0 saturated heterocycles. The highest BCUT2D eigenvalue weighted by Crippen LogP contribution is 2.21. The molecule has 1 aliphatic carbocycles. The summed E-state index contributed by atoms with van der Waals surface area (Å²) in [4.78, 5) is 16.6. The molecule has 1 fully saturated rings. The zero-order valence-corrected chi connectivity index (χ0v) is 14.4. The van der Waals surface area contributed by atoms with Crippen LogP contribution in [0.15, 0.2) is 42.6 Å². The van der Waals surface area contributed by atoms with Gasteiger partial charge in [0.2, 0.25) is 0 Å². The second kappa shape index (κ2) is 8.15. The van der Waals surface area contributed by atoms with Gasteiger partial charge in [-0.15, -0.1) is 0 Å². The summed E-state index contributed by atoms with van der Waals surface area (Å²) in [5.41, 5.74) is 1.20. The Bertz CT molecular complexity index is 679. The normalized spacial score (nSPS) is 15.5. The van der Waals surface area contributed by atoms with Crippen molar-refractivity contribution in [3.05, 3.63) is 53.2 Å². The molecule has 0 spiro atoms. The van der Waals surface area contributed by atoms with Crippen LogP contribution >= 0.6 is 11.6 Å². The largest absolute Gasteiger partial charge is 0.367 e. The van der Waals surface area contributed by atoms with Gasteiger partial charge in [-0.25, -0.2) is 4.98 Å². The van der Waals surface area contributed by atoms with Gasteiger partial charge in [-0.3, -0.25) is 4.79 Å². The molecule has 5 heteroatoms. The zero-order chi connectivity index (χ0) is 16.8. The van der Waals surface area contributed by atoms with Crippen molar-refractivity contribution >= 4 is 29.0 Å². The molecule has 1 heterocycles. The van der Waals surface area contributed by atoms with Gasteiger partial charge in [-0.2, -0.15) is 0 Å². The number of nitrogens with zero attached hydrogens (tertiary/aromatic N) is 1. The van der Waals surface area contributed by atoms with Crippen LogP contribution in [0.2, 0.25) is 5.02 Å². The lowest BCUT2D eigenvalue weighted by atomic mass is 10.1. The number of aromatic nitrogens is 1. The van der Waals surface area contributed by atoms with Gasteiger partial charge >= 0.3 is 0 Å². The Morgan fingerprint density at radius 1 is 1.08 bits per heavy atom. The smallest absolute Gasteiger partial charge is 0.255 e. The molecule has 0 unspecified atom stereocenters. The molecule has 0 atom stereocenters. The number of benzene rings is 1. The SMILES string of the molecule is O=C(Nc1ccc(NC2CCCCCC2)nc1)c1cccc(Cl)c1. The average molecular weight is 344 g/mol. The number of carbonyl (C=O) groups excluding carboxylic acids is 1. The number of carbonyl (C=O) groups is 1. The molecule has 1 aliphatic rings. The van der Waals surface area contributed by atoms with E-state index in [2.05, 4.69) is 15.6 Å². The Morgan fingerprint density at radius 3 is 2.54 bits per heavy atom. The molecule has 2 N–H and O–H groups in total. The fraction of sp³-hybridized carbons (Fsp3) is 0.368. The molecular formula is C19H22ClN3O. The van der Waals surface area contributed by atoms with E-state index in [0.717, 1.165) is 5.82 Å². The minimum absolute atomic E-state index is 0.191. The van der Waals surface area contributed by atoms with Crippen molar-refractivity contribution in [2.75, 3.05) is 10.6 Å². The molecule has 1 aromatic carbocycles. The minimum Gasteiger partial charge on any atom is -0.367 e. The number of nitrogens with one attached hydrogen (secondary N) is 2. The lowest BCUT2D eigenvalue weighted by molar-refractivity contribution is 0.102. The Labute approximate surface area is 147 Å². The molecule has 126 valence electrons. The second-order valence-electron chi connectivity index (χ2n) is 6.23. The quantitative estimate of drug-likeness (QED) is 0.757. The molecule has 2 aromatic rings. The first-order valence-corrected chi connectivity index (χ1v) is 8.88. The van der Waals surface area contributed by atoms with Crippen LogP contribution in [0.25, 0.3) is 0 Å². The number of hydrogen-bond donors (Lipinski definition) is 2. The molecule has 1 aromatic heterocycles. The van der Waals surface area contributed by atoms with E-state index in [9.17, 15) is 4.79 Å². The maximum absolute atomic E-state index is 12.2. The summed E-state index contributed by atoms with van der Waals surface area (Å²) in [6, 6.07) is 11.2. The maximum atomic E-state index is 12.2. The highest BCUT2D eigenvalue weighted by Gasteiger charge is 2.12.